The maximum absolute atomic E-state index is 13.9. The third kappa shape index (κ3) is 2.60. The van der Waals surface area contributed by atoms with Gasteiger partial charge in [-0.05, 0) is 25.6 Å². The van der Waals surface area contributed by atoms with Crippen molar-refractivity contribution in [2.24, 2.45) is 0 Å². The highest BCUT2D eigenvalue weighted by molar-refractivity contribution is 5.47. The Morgan fingerprint density at radius 1 is 1.15 bits per heavy atom. The fourth-order valence-corrected chi connectivity index (χ4v) is 2.12. The van der Waals surface area contributed by atoms with E-state index >= 15 is 0 Å². The zero-order chi connectivity index (χ0) is 14.9. The molecular formula is C14H14F3N3. The maximum atomic E-state index is 13.9. The lowest BCUT2D eigenvalue weighted by atomic mass is 9.97. The lowest BCUT2D eigenvalue weighted by molar-refractivity contribution is 0.500. The van der Waals surface area contributed by atoms with E-state index in [1.165, 1.54) is 7.05 Å². The van der Waals surface area contributed by atoms with Crippen LogP contribution in [0.2, 0.25) is 0 Å². The summed E-state index contributed by atoms with van der Waals surface area (Å²) in [5.41, 5.74) is 6.72. The summed E-state index contributed by atoms with van der Waals surface area (Å²) < 4.78 is 40.8. The molecule has 1 unspecified atom stereocenters. The number of hydrogen-bond acceptors (Lipinski definition) is 3. The van der Waals surface area contributed by atoms with Crippen molar-refractivity contribution in [2.75, 3.05) is 12.8 Å². The molecule has 1 aromatic heterocycles. The van der Waals surface area contributed by atoms with Crippen molar-refractivity contribution in [2.45, 2.75) is 13.0 Å². The summed E-state index contributed by atoms with van der Waals surface area (Å²) >= 11 is 0. The molecule has 0 aliphatic rings. The summed E-state index contributed by atoms with van der Waals surface area (Å²) in [5.74, 6) is -2.74. The highest BCUT2D eigenvalue weighted by Gasteiger charge is 2.24. The Hall–Kier alpha value is -2.08. The molecule has 0 saturated carbocycles. The molecule has 3 nitrogen and oxygen atoms in total. The average molecular weight is 281 g/mol. The quantitative estimate of drug-likeness (QED) is 0.909. The van der Waals surface area contributed by atoms with Crippen LogP contribution in [0.4, 0.5) is 19.0 Å². The second-order valence-electron chi connectivity index (χ2n) is 4.49. The molecule has 2 aromatic rings. The zero-order valence-corrected chi connectivity index (χ0v) is 11.0. The lowest BCUT2D eigenvalue weighted by Crippen LogP contribution is -2.22. The Balaban J connectivity index is 2.61. The molecule has 106 valence electrons. The molecule has 0 saturated heterocycles. The molecule has 20 heavy (non-hydrogen) atoms. The first-order valence-corrected chi connectivity index (χ1v) is 5.97. The molecule has 0 aliphatic heterocycles. The molecule has 1 atom stereocenters. The van der Waals surface area contributed by atoms with Crippen LogP contribution >= 0.6 is 0 Å². The third-order valence-electron chi connectivity index (χ3n) is 3.02. The standard InChI is InChI=1S/C14H14F3N3/c1-7-3-9(14(18)20-6-7)13(19-2)12-10(16)4-8(15)5-11(12)17/h3-6,13,19H,1-2H3,(H2,18,20). The Kier molecular flexibility index (Phi) is 3.94. The number of nitrogens with one attached hydrogen (secondary N) is 1. The number of anilines is 1. The first kappa shape index (κ1) is 14.3. The van der Waals surface area contributed by atoms with Crippen LogP contribution in [0.3, 0.4) is 0 Å². The minimum absolute atomic E-state index is 0.165. The Labute approximate surface area is 114 Å². The van der Waals surface area contributed by atoms with Gasteiger partial charge in [-0.25, -0.2) is 18.2 Å². The molecule has 2 rings (SSSR count). The monoisotopic (exact) mass is 281 g/mol. The smallest absolute Gasteiger partial charge is 0.134 e. The molecule has 1 heterocycles. The van der Waals surface area contributed by atoms with Gasteiger partial charge < -0.3 is 11.1 Å². The molecule has 3 N–H and O–H groups in total. The van der Waals surface area contributed by atoms with E-state index in [1.807, 2.05) is 0 Å². The predicted molar refractivity (Wildman–Crippen MR) is 70.6 cm³/mol. The Morgan fingerprint density at radius 3 is 2.30 bits per heavy atom. The van der Waals surface area contributed by atoms with E-state index in [-0.39, 0.29) is 11.4 Å². The van der Waals surface area contributed by atoms with Gasteiger partial charge in [-0.3, -0.25) is 0 Å². The van der Waals surface area contributed by atoms with Crippen molar-refractivity contribution in [1.82, 2.24) is 10.3 Å². The second kappa shape index (κ2) is 5.50. The number of nitrogen functional groups attached to an aromatic ring is 1. The van der Waals surface area contributed by atoms with E-state index in [4.69, 9.17) is 5.73 Å². The number of rotatable bonds is 3. The molecule has 0 aliphatic carbocycles. The number of benzene rings is 1. The summed E-state index contributed by atoms with van der Waals surface area (Å²) in [6, 6.07) is 2.12. The van der Waals surface area contributed by atoms with Crippen molar-refractivity contribution >= 4 is 5.82 Å². The molecule has 0 amide bonds. The fraction of sp³-hybridized carbons (Fsp3) is 0.214. The number of pyridine rings is 1. The molecular weight excluding hydrogens is 267 g/mol. The summed E-state index contributed by atoms with van der Waals surface area (Å²) in [7, 11) is 1.54. The topological polar surface area (TPSA) is 50.9 Å². The van der Waals surface area contributed by atoms with Gasteiger partial charge in [0.15, 0.2) is 0 Å². The second-order valence-corrected chi connectivity index (χ2v) is 4.49. The molecule has 6 heteroatoms. The first-order chi connectivity index (χ1) is 9.43. The highest BCUT2D eigenvalue weighted by atomic mass is 19.1. The minimum Gasteiger partial charge on any atom is -0.383 e. The number of nitrogens with two attached hydrogens (primary N) is 1. The van der Waals surface area contributed by atoms with Gasteiger partial charge in [-0.15, -0.1) is 0 Å². The summed E-state index contributed by atoms with van der Waals surface area (Å²) in [6.45, 7) is 1.79. The Bertz CT molecular complexity index is 621. The van der Waals surface area contributed by atoms with Gasteiger partial charge in [0.25, 0.3) is 0 Å². The predicted octanol–water partition coefficient (Wildman–Crippen LogP) is 2.70. The van der Waals surface area contributed by atoms with Crippen LogP contribution in [0.25, 0.3) is 0 Å². The summed E-state index contributed by atoms with van der Waals surface area (Å²) in [6.07, 6.45) is 1.56. The number of hydrogen-bond donors (Lipinski definition) is 2. The van der Waals surface area contributed by atoms with Crippen LogP contribution in [0, 0.1) is 24.4 Å². The van der Waals surface area contributed by atoms with Crippen molar-refractivity contribution in [3.8, 4) is 0 Å². The molecule has 0 spiro atoms. The zero-order valence-electron chi connectivity index (χ0n) is 11.0. The van der Waals surface area contributed by atoms with Gasteiger partial charge in [-0.2, -0.15) is 0 Å². The van der Waals surface area contributed by atoms with E-state index in [0.29, 0.717) is 17.7 Å². The minimum atomic E-state index is -0.970. The molecule has 0 radical (unpaired) electrons. The van der Waals surface area contributed by atoms with Crippen molar-refractivity contribution in [1.29, 1.82) is 0 Å². The SMILES string of the molecule is CNC(c1cc(C)cnc1N)c1c(F)cc(F)cc1F. The maximum Gasteiger partial charge on any atom is 0.134 e. The molecule has 1 aromatic carbocycles. The van der Waals surface area contributed by atoms with Gasteiger partial charge in [-0.1, -0.05) is 0 Å². The average Bonchev–Trinajstić information content (AvgIpc) is 2.37. The number of aromatic nitrogens is 1. The first-order valence-electron chi connectivity index (χ1n) is 5.97. The van der Waals surface area contributed by atoms with E-state index in [0.717, 1.165) is 5.56 Å². The van der Waals surface area contributed by atoms with Gasteiger partial charge in [0.2, 0.25) is 0 Å². The Morgan fingerprint density at radius 2 is 1.75 bits per heavy atom. The lowest BCUT2D eigenvalue weighted by Gasteiger charge is -2.20. The van der Waals surface area contributed by atoms with Crippen molar-refractivity contribution in [3.63, 3.8) is 0 Å². The van der Waals surface area contributed by atoms with Gasteiger partial charge in [0.1, 0.15) is 23.3 Å². The summed E-state index contributed by atoms with van der Waals surface area (Å²) in [4.78, 5) is 3.97. The van der Waals surface area contributed by atoms with E-state index < -0.39 is 23.5 Å². The molecule has 0 bridgehead atoms. The van der Waals surface area contributed by atoms with Crippen LogP contribution in [0.5, 0.6) is 0 Å². The van der Waals surface area contributed by atoms with Gasteiger partial charge >= 0.3 is 0 Å². The molecule has 0 fully saturated rings. The van der Waals surface area contributed by atoms with E-state index in [2.05, 4.69) is 10.3 Å². The van der Waals surface area contributed by atoms with E-state index in [1.54, 1.807) is 19.2 Å². The van der Waals surface area contributed by atoms with Crippen LogP contribution in [0.15, 0.2) is 24.4 Å². The largest absolute Gasteiger partial charge is 0.383 e. The van der Waals surface area contributed by atoms with Crippen LogP contribution in [0.1, 0.15) is 22.7 Å². The van der Waals surface area contributed by atoms with Crippen LogP contribution in [-0.4, -0.2) is 12.0 Å². The normalized spacial score (nSPS) is 12.4. The van der Waals surface area contributed by atoms with E-state index in [9.17, 15) is 13.2 Å². The number of halogens is 3. The number of nitrogens with zero attached hydrogens (tertiary/aromatic N) is 1. The summed E-state index contributed by atoms with van der Waals surface area (Å²) in [5, 5.41) is 2.78. The van der Waals surface area contributed by atoms with Gasteiger partial charge in [0, 0.05) is 29.5 Å². The van der Waals surface area contributed by atoms with Crippen LogP contribution < -0.4 is 11.1 Å². The van der Waals surface area contributed by atoms with Crippen LogP contribution in [-0.2, 0) is 0 Å². The van der Waals surface area contributed by atoms with Crippen molar-refractivity contribution < 1.29 is 13.2 Å². The fourth-order valence-electron chi connectivity index (χ4n) is 2.12. The number of aryl methyl sites for hydroxylation is 1. The highest BCUT2D eigenvalue weighted by Crippen LogP contribution is 2.30. The third-order valence-corrected chi connectivity index (χ3v) is 3.02. The van der Waals surface area contributed by atoms with Crippen molar-refractivity contribution in [3.05, 3.63) is 58.5 Å². The van der Waals surface area contributed by atoms with Gasteiger partial charge in [0.05, 0.1) is 6.04 Å².